The number of nitrogens with one attached hydrogen (secondary N) is 1. The van der Waals surface area contributed by atoms with Crippen molar-refractivity contribution in [3.8, 4) is 0 Å². The van der Waals surface area contributed by atoms with Gasteiger partial charge >= 0.3 is 0 Å². The molecule has 2 saturated heterocycles. The summed E-state index contributed by atoms with van der Waals surface area (Å²) >= 11 is 0. The van der Waals surface area contributed by atoms with Gasteiger partial charge in [0.15, 0.2) is 0 Å². The molecule has 1 aromatic carbocycles. The molecule has 2 aromatic rings. The lowest BCUT2D eigenvalue weighted by Gasteiger charge is -2.39. The zero-order valence-corrected chi connectivity index (χ0v) is 22.8. The van der Waals surface area contributed by atoms with Gasteiger partial charge in [0, 0.05) is 48.0 Å². The first kappa shape index (κ1) is 24.8. The van der Waals surface area contributed by atoms with Gasteiger partial charge < -0.3 is 14.6 Å². The van der Waals surface area contributed by atoms with E-state index in [-0.39, 0.29) is 0 Å². The summed E-state index contributed by atoms with van der Waals surface area (Å²) in [4.78, 5) is 15.8. The molecular formula is C32H42N4O. The summed E-state index contributed by atoms with van der Waals surface area (Å²) in [5.41, 5.74) is 9.26. The molecule has 0 radical (unpaired) electrons. The largest absolute Gasteiger partial charge is 0.381 e. The second-order valence-corrected chi connectivity index (χ2v) is 11.8. The van der Waals surface area contributed by atoms with Crippen LogP contribution >= 0.6 is 0 Å². The number of H-pyrrole nitrogens is 1. The third-order valence-corrected chi connectivity index (χ3v) is 9.05. The van der Waals surface area contributed by atoms with Gasteiger partial charge in [-0.15, -0.1) is 0 Å². The zero-order chi connectivity index (χ0) is 25.4. The van der Waals surface area contributed by atoms with E-state index in [1.165, 1.54) is 83.4 Å². The first-order valence-corrected chi connectivity index (χ1v) is 14.5. The van der Waals surface area contributed by atoms with Gasteiger partial charge in [0.05, 0.1) is 6.04 Å². The molecular weight excluding hydrogens is 456 g/mol. The predicted octanol–water partition coefficient (Wildman–Crippen LogP) is 7.01. The fourth-order valence-electron chi connectivity index (χ4n) is 6.91. The molecule has 5 heteroatoms. The Labute approximate surface area is 221 Å². The highest BCUT2D eigenvalue weighted by atomic mass is 16.5. The summed E-state index contributed by atoms with van der Waals surface area (Å²) in [5, 5.41) is 1.40. The van der Waals surface area contributed by atoms with Crippen molar-refractivity contribution in [2.24, 2.45) is 9.98 Å². The van der Waals surface area contributed by atoms with Gasteiger partial charge in [-0.1, -0.05) is 26.0 Å². The quantitative estimate of drug-likeness (QED) is 0.493. The van der Waals surface area contributed by atoms with Crippen molar-refractivity contribution < 1.29 is 4.74 Å². The molecule has 2 fully saturated rings. The van der Waals surface area contributed by atoms with Crippen molar-refractivity contribution in [1.82, 2.24) is 9.88 Å². The lowest BCUT2D eigenvalue weighted by atomic mass is 9.86. The topological polar surface area (TPSA) is 53.0 Å². The maximum atomic E-state index is 5.59. The van der Waals surface area contributed by atoms with Crippen LogP contribution in [0, 0.1) is 0 Å². The van der Waals surface area contributed by atoms with Crippen LogP contribution in [-0.4, -0.2) is 60.3 Å². The normalized spacial score (nSPS) is 27.2. The van der Waals surface area contributed by atoms with E-state index in [9.17, 15) is 0 Å². The number of aliphatic imine (C=N–C) groups is 2. The fraction of sp³-hybridized carbons (Fsp3) is 0.562. The lowest BCUT2D eigenvalue weighted by molar-refractivity contribution is 0.0252. The Balaban J connectivity index is 1.29. The number of benzene rings is 1. The molecule has 0 spiro atoms. The van der Waals surface area contributed by atoms with Crippen molar-refractivity contribution >= 4 is 28.5 Å². The monoisotopic (exact) mass is 498 g/mol. The van der Waals surface area contributed by atoms with Crippen molar-refractivity contribution in [1.29, 1.82) is 0 Å². The van der Waals surface area contributed by atoms with Gasteiger partial charge in [0.2, 0.25) is 0 Å². The van der Waals surface area contributed by atoms with Crippen LogP contribution in [0.1, 0.15) is 94.4 Å². The molecule has 1 atom stereocenters. The highest BCUT2D eigenvalue weighted by Gasteiger charge is 2.28. The average Bonchev–Trinajstić information content (AvgIpc) is 3.33. The molecule has 1 aromatic heterocycles. The Morgan fingerprint density at radius 2 is 1.86 bits per heavy atom. The van der Waals surface area contributed by atoms with E-state index >= 15 is 0 Å². The third-order valence-electron chi connectivity index (χ3n) is 9.05. The summed E-state index contributed by atoms with van der Waals surface area (Å²) in [7, 11) is 0. The third kappa shape index (κ3) is 5.13. The van der Waals surface area contributed by atoms with Crippen LogP contribution in [0.25, 0.3) is 16.5 Å². The molecule has 4 aliphatic rings. The van der Waals surface area contributed by atoms with Gasteiger partial charge in [-0.05, 0) is 111 Å². The lowest BCUT2D eigenvalue weighted by Crippen LogP contribution is -2.43. The molecule has 1 aliphatic carbocycles. The SMILES string of the molecule is C/C1=C/C(c2[nH]c3ccc(C4CCN(C5CCOCC5)CC4)cc3c2C(C)C)=C\CCC2CC1=NC=N2. The number of aromatic amines is 1. The van der Waals surface area contributed by atoms with Crippen LogP contribution in [-0.2, 0) is 4.74 Å². The van der Waals surface area contributed by atoms with Gasteiger partial charge in [0.25, 0.3) is 0 Å². The van der Waals surface area contributed by atoms with Crippen LogP contribution in [0.3, 0.4) is 0 Å². The molecule has 5 nitrogen and oxygen atoms in total. The molecule has 0 amide bonds. The van der Waals surface area contributed by atoms with Gasteiger partial charge in [0.1, 0.15) is 6.34 Å². The van der Waals surface area contributed by atoms with E-state index < -0.39 is 0 Å². The van der Waals surface area contributed by atoms with E-state index in [1.807, 2.05) is 0 Å². The number of fused-ring (bicyclic) bond motifs is 3. The summed E-state index contributed by atoms with van der Waals surface area (Å²) in [6, 6.07) is 8.32. The first-order chi connectivity index (χ1) is 18.1. The second-order valence-electron chi connectivity index (χ2n) is 11.8. The Bertz CT molecular complexity index is 1250. The van der Waals surface area contributed by atoms with Gasteiger partial charge in [-0.25, -0.2) is 4.99 Å². The number of allylic oxidation sites excluding steroid dienone is 4. The van der Waals surface area contributed by atoms with E-state index in [2.05, 4.69) is 71.0 Å². The second kappa shape index (κ2) is 10.7. The highest BCUT2D eigenvalue weighted by molar-refractivity contribution is 6.06. The summed E-state index contributed by atoms with van der Waals surface area (Å²) in [5.74, 6) is 1.10. The number of likely N-dealkylation sites (tertiary alicyclic amines) is 1. The standard InChI is InChI=1S/C32H42N4O/c1-21(2)31-28-18-24(23-9-13-36(14-10-23)27-11-15-37-16-12-27)7-8-29(28)35-32(31)25-5-4-6-26-19-30(22(3)17-25)34-20-33-26/h5,7-8,17-18,20-21,23,26-27,35H,4,6,9-16,19H2,1-3H3/b22-17-,25-5+. The summed E-state index contributed by atoms with van der Waals surface area (Å²) in [6.45, 7) is 11.2. The number of aromatic nitrogens is 1. The minimum atomic E-state index is 0.360. The predicted molar refractivity (Wildman–Crippen MR) is 155 cm³/mol. The highest BCUT2D eigenvalue weighted by Crippen LogP contribution is 2.38. The summed E-state index contributed by atoms with van der Waals surface area (Å²) in [6.07, 6.45) is 14.5. The molecule has 0 saturated carbocycles. The fourth-order valence-corrected chi connectivity index (χ4v) is 6.91. The summed E-state index contributed by atoms with van der Waals surface area (Å²) < 4.78 is 5.59. The molecule has 4 heterocycles. The number of ether oxygens (including phenoxy) is 1. The number of nitrogens with zero attached hydrogens (tertiary/aromatic N) is 3. The maximum Gasteiger partial charge on any atom is 0.110 e. The van der Waals surface area contributed by atoms with E-state index in [1.54, 1.807) is 6.34 Å². The minimum Gasteiger partial charge on any atom is -0.381 e. The minimum absolute atomic E-state index is 0.360. The number of piperidine rings is 1. The molecule has 37 heavy (non-hydrogen) atoms. The van der Waals surface area contributed by atoms with Crippen molar-refractivity contribution in [3.05, 3.63) is 52.7 Å². The van der Waals surface area contributed by atoms with Crippen LogP contribution in [0.4, 0.5) is 0 Å². The smallest absolute Gasteiger partial charge is 0.110 e. The van der Waals surface area contributed by atoms with Gasteiger partial charge in [-0.3, -0.25) is 4.99 Å². The van der Waals surface area contributed by atoms with Crippen LogP contribution in [0.15, 0.2) is 45.9 Å². The van der Waals surface area contributed by atoms with Crippen molar-refractivity contribution in [2.75, 3.05) is 26.3 Å². The molecule has 1 N–H and O–H groups in total. The number of hydrogen-bond donors (Lipinski definition) is 1. The molecule has 2 bridgehead atoms. The van der Waals surface area contributed by atoms with Crippen LogP contribution in [0.5, 0.6) is 0 Å². The molecule has 196 valence electrons. The Morgan fingerprint density at radius 3 is 2.65 bits per heavy atom. The van der Waals surface area contributed by atoms with E-state index in [0.717, 1.165) is 38.5 Å². The Hall–Kier alpha value is -2.50. The van der Waals surface area contributed by atoms with E-state index in [0.29, 0.717) is 17.9 Å². The molecule has 3 aliphatic heterocycles. The molecule has 6 rings (SSSR count). The number of hydrogen-bond acceptors (Lipinski definition) is 4. The van der Waals surface area contributed by atoms with Crippen LogP contribution < -0.4 is 0 Å². The Kier molecular flexibility index (Phi) is 7.18. The molecule has 1 unspecified atom stereocenters. The zero-order valence-electron chi connectivity index (χ0n) is 22.8. The first-order valence-electron chi connectivity index (χ1n) is 14.5. The maximum absolute atomic E-state index is 5.59. The van der Waals surface area contributed by atoms with E-state index in [4.69, 9.17) is 4.74 Å². The van der Waals surface area contributed by atoms with Gasteiger partial charge in [-0.2, -0.15) is 0 Å². The Morgan fingerprint density at radius 1 is 1.05 bits per heavy atom. The number of rotatable bonds is 4. The average molecular weight is 499 g/mol. The van der Waals surface area contributed by atoms with Crippen LogP contribution in [0.2, 0.25) is 0 Å². The van der Waals surface area contributed by atoms with Crippen molar-refractivity contribution in [3.63, 3.8) is 0 Å². The van der Waals surface area contributed by atoms with Crippen molar-refractivity contribution in [2.45, 2.75) is 89.6 Å².